The molecule has 0 aliphatic carbocycles. The quantitative estimate of drug-likeness (QED) is 0.428. The largest absolute Gasteiger partial charge is 0.707 e. The van der Waals surface area contributed by atoms with E-state index in [1.54, 1.807) is 27.7 Å². The Morgan fingerprint density at radius 1 is 0.731 bits per heavy atom. The smallest absolute Gasteiger partial charge is 0.511 e. The summed E-state index contributed by atoms with van der Waals surface area (Å²) in [4.78, 5) is 0. The molecule has 6 heteroatoms. The van der Waals surface area contributed by atoms with Gasteiger partial charge < -0.3 is 24.9 Å². The van der Waals surface area contributed by atoms with Crippen LogP contribution in [0.1, 0.15) is 27.7 Å². The van der Waals surface area contributed by atoms with Gasteiger partial charge in [-0.2, -0.15) is 0 Å². The van der Waals surface area contributed by atoms with Gasteiger partial charge in [0.05, 0.1) is 11.2 Å². The minimum Gasteiger partial charge on any atom is -0.511 e. The Balaban J connectivity index is 0.000000260. The maximum absolute atomic E-state index is 9.10. The molecular weight excluding hydrogens is 331 g/mol. The van der Waals surface area contributed by atoms with Crippen molar-refractivity contribution in [1.29, 1.82) is 0 Å². The lowest BCUT2D eigenvalue weighted by atomic mass is 9.90. The summed E-state index contributed by atoms with van der Waals surface area (Å²) in [5, 5.41) is 40.1. The Bertz CT molecular complexity index is 813. The maximum Gasteiger partial charge on any atom is 0.707 e. The predicted molar refractivity (Wildman–Crippen MR) is 105 cm³/mol. The van der Waals surface area contributed by atoms with Crippen LogP contribution in [-0.2, 0) is 0 Å². The molecule has 0 spiro atoms. The van der Waals surface area contributed by atoms with Gasteiger partial charge in [-0.1, -0.05) is 48.5 Å². The Hall–Kier alpha value is -2.12. The van der Waals surface area contributed by atoms with Gasteiger partial charge in [-0.3, -0.25) is 0 Å². The van der Waals surface area contributed by atoms with E-state index in [9.17, 15) is 0 Å². The molecule has 5 nitrogen and oxygen atoms in total. The molecule has 138 valence electrons. The summed E-state index contributed by atoms with van der Waals surface area (Å²) < 4.78 is 5.15. The van der Waals surface area contributed by atoms with Crippen molar-refractivity contribution in [2.24, 2.45) is 0 Å². The van der Waals surface area contributed by atoms with E-state index in [2.05, 4.69) is 6.07 Å². The molecule has 0 heterocycles. The average Bonchev–Trinajstić information content (AvgIpc) is 2.53. The van der Waals surface area contributed by atoms with E-state index >= 15 is 0 Å². The van der Waals surface area contributed by atoms with Crippen LogP contribution in [0, 0.1) is 0 Å². The zero-order valence-electron chi connectivity index (χ0n) is 15.5. The van der Waals surface area contributed by atoms with Crippen molar-refractivity contribution >= 4 is 28.9 Å². The van der Waals surface area contributed by atoms with Crippen LogP contribution in [0.5, 0.6) is 5.75 Å². The van der Waals surface area contributed by atoms with Gasteiger partial charge in [-0.05, 0) is 44.5 Å². The standard InChI is InChI=1S/C14H11BO3.C6H14O2/c16-15(17)18-14-12-7-3-1-5-10(12)9-11-6-2-4-8-13(11)14;1-5(2,7)6(3,4)8/h1-9,16-17H;7-8H,1-4H3. The Kier molecular flexibility index (Phi) is 5.93. The number of benzene rings is 3. The van der Waals surface area contributed by atoms with Gasteiger partial charge in [-0.15, -0.1) is 0 Å². The molecule has 0 amide bonds. The number of fused-ring (bicyclic) bond motifs is 2. The highest BCUT2D eigenvalue weighted by Crippen LogP contribution is 2.34. The second kappa shape index (κ2) is 7.64. The van der Waals surface area contributed by atoms with Gasteiger partial charge in [0.2, 0.25) is 0 Å². The van der Waals surface area contributed by atoms with Gasteiger partial charge >= 0.3 is 7.32 Å². The van der Waals surface area contributed by atoms with Crippen LogP contribution in [0.25, 0.3) is 21.5 Å². The van der Waals surface area contributed by atoms with Crippen LogP contribution in [0.3, 0.4) is 0 Å². The zero-order chi connectivity index (χ0) is 19.5. The fourth-order valence-corrected chi connectivity index (χ4v) is 2.20. The molecule has 0 fully saturated rings. The van der Waals surface area contributed by atoms with E-state index in [0.29, 0.717) is 5.75 Å². The first kappa shape index (κ1) is 20.2. The van der Waals surface area contributed by atoms with Gasteiger partial charge in [0.25, 0.3) is 0 Å². The Morgan fingerprint density at radius 2 is 1.12 bits per heavy atom. The summed E-state index contributed by atoms with van der Waals surface area (Å²) in [5.74, 6) is 0.499. The van der Waals surface area contributed by atoms with E-state index in [1.165, 1.54) is 0 Å². The van der Waals surface area contributed by atoms with Gasteiger partial charge in [0, 0.05) is 10.8 Å². The third-order valence-corrected chi connectivity index (χ3v) is 4.44. The topological polar surface area (TPSA) is 90.2 Å². The van der Waals surface area contributed by atoms with Gasteiger partial charge in [0.1, 0.15) is 5.75 Å². The highest BCUT2D eigenvalue weighted by Gasteiger charge is 2.31. The SMILES string of the molecule is CC(C)(O)C(C)(C)O.OB(O)Oc1c2ccccc2cc2ccccc12. The first-order valence-electron chi connectivity index (χ1n) is 8.39. The van der Waals surface area contributed by atoms with E-state index < -0.39 is 18.5 Å². The van der Waals surface area contributed by atoms with Crippen LogP contribution < -0.4 is 4.65 Å². The number of aliphatic hydroxyl groups is 2. The third kappa shape index (κ3) is 4.74. The predicted octanol–water partition coefficient (Wildman–Crippen LogP) is 2.87. The lowest BCUT2D eigenvalue weighted by Crippen LogP contribution is -2.44. The van der Waals surface area contributed by atoms with Crippen LogP contribution >= 0.6 is 0 Å². The summed E-state index contributed by atoms with van der Waals surface area (Å²) in [6, 6.07) is 17.5. The van der Waals surface area contributed by atoms with Crippen LogP contribution in [0.15, 0.2) is 54.6 Å². The monoisotopic (exact) mass is 356 g/mol. The molecule has 0 saturated heterocycles. The molecule has 0 atom stereocenters. The average molecular weight is 356 g/mol. The molecule has 0 radical (unpaired) electrons. The maximum atomic E-state index is 9.10. The number of hydrogen-bond acceptors (Lipinski definition) is 5. The van der Waals surface area contributed by atoms with E-state index in [1.807, 2.05) is 48.5 Å². The molecule has 0 unspecified atom stereocenters. The molecule has 4 N–H and O–H groups in total. The summed E-state index contributed by atoms with van der Waals surface area (Å²) in [5.41, 5.74) is -2.01. The molecule has 3 rings (SSSR count). The first-order chi connectivity index (χ1) is 12.0. The summed E-state index contributed by atoms with van der Waals surface area (Å²) in [6.45, 7) is 6.31. The van der Waals surface area contributed by atoms with Gasteiger partial charge in [0.15, 0.2) is 0 Å². The van der Waals surface area contributed by atoms with Crippen LogP contribution in [-0.4, -0.2) is 38.8 Å². The van der Waals surface area contributed by atoms with E-state index in [-0.39, 0.29) is 0 Å². The lowest BCUT2D eigenvalue weighted by Gasteiger charge is -2.31. The normalized spacial score (nSPS) is 11.8. The minimum atomic E-state index is -1.82. The molecule has 26 heavy (non-hydrogen) atoms. The van der Waals surface area contributed by atoms with Crippen molar-refractivity contribution in [3.63, 3.8) is 0 Å². The zero-order valence-corrected chi connectivity index (χ0v) is 15.5. The highest BCUT2D eigenvalue weighted by molar-refractivity contribution is 6.34. The number of hydrogen-bond donors (Lipinski definition) is 4. The Labute approximate surface area is 153 Å². The molecule has 3 aromatic rings. The highest BCUT2D eigenvalue weighted by atomic mass is 16.6. The van der Waals surface area contributed by atoms with Crippen molar-refractivity contribution in [2.45, 2.75) is 38.9 Å². The van der Waals surface area contributed by atoms with Crippen molar-refractivity contribution in [2.75, 3.05) is 0 Å². The molecule has 0 bridgehead atoms. The minimum absolute atomic E-state index is 0.499. The van der Waals surface area contributed by atoms with Crippen LogP contribution in [0.4, 0.5) is 0 Å². The van der Waals surface area contributed by atoms with E-state index in [0.717, 1.165) is 21.5 Å². The van der Waals surface area contributed by atoms with Crippen molar-refractivity contribution < 1.29 is 24.9 Å². The fourth-order valence-electron chi connectivity index (χ4n) is 2.20. The summed E-state index contributed by atoms with van der Waals surface area (Å²) in [6.07, 6.45) is 0. The second-order valence-corrected chi connectivity index (χ2v) is 7.21. The molecule has 0 aliphatic heterocycles. The first-order valence-corrected chi connectivity index (χ1v) is 8.39. The summed E-state index contributed by atoms with van der Waals surface area (Å²) >= 11 is 0. The second-order valence-electron chi connectivity index (χ2n) is 7.21. The molecule has 0 aliphatic rings. The Morgan fingerprint density at radius 3 is 1.46 bits per heavy atom. The lowest BCUT2D eigenvalue weighted by molar-refractivity contribution is -0.107. The molecular formula is C20H25BO5. The number of rotatable bonds is 3. The third-order valence-electron chi connectivity index (χ3n) is 4.44. The fraction of sp³-hybridized carbons (Fsp3) is 0.300. The summed E-state index contributed by atoms with van der Waals surface area (Å²) in [7, 11) is -1.82. The van der Waals surface area contributed by atoms with Crippen molar-refractivity contribution in [3.05, 3.63) is 54.6 Å². The van der Waals surface area contributed by atoms with Gasteiger partial charge in [-0.25, -0.2) is 0 Å². The molecule has 0 saturated carbocycles. The molecule has 0 aromatic heterocycles. The van der Waals surface area contributed by atoms with Crippen LogP contribution in [0.2, 0.25) is 0 Å². The van der Waals surface area contributed by atoms with E-state index in [4.69, 9.17) is 24.9 Å². The van der Waals surface area contributed by atoms with Crippen molar-refractivity contribution in [3.8, 4) is 5.75 Å². The molecule has 3 aromatic carbocycles. The van der Waals surface area contributed by atoms with Crippen molar-refractivity contribution in [1.82, 2.24) is 0 Å².